The summed E-state index contributed by atoms with van der Waals surface area (Å²) >= 11 is 0. The topological polar surface area (TPSA) is 46.8 Å². The van der Waals surface area contributed by atoms with Gasteiger partial charge in [-0.1, -0.05) is 18.2 Å². The van der Waals surface area contributed by atoms with Crippen molar-refractivity contribution in [2.45, 2.75) is 0 Å². The van der Waals surface area contributed by atoms with Crippen LogP contribution >= 0.6 is 7.77 Å². The number of benzene rings is 1. The molecule has 0 N–H and O–H groups in total. The molecule has 2 nitrogen and oxygen atoms in total. The molecule has 1 atom stereocenters. The van der Waals surface area contributed by atoms with Gasteiger partial charge in [-0.15, -0.1) is 0 Å². The summed E-state index contributed by atoms with van der Waals surface area (Å²) in [6.45, 7) is 0. The lowest BCUT2D eigenvalue weighted by Crippen LogP contribution is -2.04. The highest BCUT2D eigenvalue weighted by atomic mass is 31.1. The maximum Gasteiger partial charge on any atom is 0.186 e. The van der Waals surface area contributed by atoms with E-state index in [4.69, 9.17) is 5.26 Å². The molecule has 0 aliphatic rings. The van der Waals surface area contributed by atoms with Crippen LogP contribution in [0.5, 0.6) is 0 Å². The number of nitrogens with zero attached hydrogens (tertiary/aromatic N) is 1. The number of hydrogen-bond donors (Lipinski definition) is 0. The first kappa shape index (κ1) is 7.94. The molecular formula is C8H6NOP. The summed E-state index contributed by atoms with van der Waals surface area (Å²) < 4.78 is 0. The van der Waals surface area contributed by atoms with Crippen molar-refractivity contribution in [1.29, 1.82) is 5.26 Å². The first-order valence-corrected chi connectivity index (χ1v) is 4.42. The van der Waals surface area contributed by atoms with E-state index in [9.17, 15) is 4.89 Å². The van der Waals surface area contributed by atoms with Gasteiger partial charge in [0.15, 0.2) is 5.80 Å². The standard InChI is InChI=1S/C8H6NOP/c9-6-7-11(10)8-4-2-1-3-5-8/h1-5,7H. The Morgan fingerprint density at radius 1 is 1.36 bits per heavy atom. The zero-order chi connectivity index (χ0) is 8.10. The largest absolute Gasteiger partial charge is 0.625 e. The summed E-state index contributed by atoms with van der Waals surface area (Å²) in [6, 6.07) is 10.7. The van der Waals surface area contributed by atoms with Crippen LogP contribution in [0.4, 0.5) is 0 Å². The first-order valence-electron chi connectivity index (χ1n) is 3.09. The maximum atomic E-state index is 11.1. The van der Waals surface area contributed by atoms with Crippen LogP contribution in [0.2, 0.25) is 0 Å². The van der Waals surface area contributed by atoms with Crippen molar-refractivity contribution >= 4 is 18.9 Å². The second kappa shape index (κ2) is 3.88. The second-order valence-electron chi connectivity index (χ2n) is 1.92. The van der Waals surface area contributed by atoms with Crippen LogP contribution < -0.4 is 10.2 Å². The molecule has 0 radical (unpaired) electrons. The first-order chi connectivity index (χ1) is 5.34. The Bertz CT molecular complexity index is 300. The Kier molecular flexibility index (Phi) is 2.80. The predicted octanol–water partition coefficient (Wildman–Crippen LogP) is 0.395. The van der Waals surface area contributed by atoms with E-state index < -0.39 is 7.77 Å². The molecule has 0 aliphatic heterocycles. The molecule has 0 spiro atoms. The van der Waals surface area contributed by atoms with E-state index in [2.05, 4.69) is 0 Å². The van der Waals surface area contributed by atoms with Gasteiger partial charge in [-0.3, -0.25) is 0 Å². The van der Waals surface area contributed by atoms with Crippen LogP contribution in [0.3, 0.4) is 0 Å². The molecule has 3 heteroatoms. The molecule has 0 fully saturated rings. The molecule has 0 aliphatic carbocycles. The maximum absolute atomic E-state index is 11.1. The van der Waals surface area contributed by atoms with Crippen LogP contribution in [-0.4, -0.2) is 5.80 Å². The molecular weight excluding hydrogens is 157 g/mol. The lowest BCUT2D eigenvalue weighted by Gasteiger charge is -1.92. The molecule has 1 rings (SSSR count). The highest BCUT2D eigenvalue weighted by molar-refractivity contribution is 7.58. The molecule has 0 saturated heterocycles. The highest BCUT2D eigenvalue weighted by Crippen LogP contribution is 2.07. The van der Waals surface area contributed by atoms with Gasteiger partial charge in [0, 0.05) is 0 Å². The van der Waals surface area contributed by atoms with Crippen LogP contribution in [0.25, 0.3) is 0 Å². The normalized spacial score (nSPS) is 10.7. The summed E-state index contributed by atoms with van der Waals surface area (Å²) in [6.07, 6.45) is 0. The van der Waals surface area contributed by atoms with Crippen molar-refractivity contribution in [2.75, 3.05) is 0 Å². The monoisotopic (exact) mass is 163 g/mol. The van der Waals surface area contributed by atoms with Gasteiger partial charge in [0.05, 0.1) is 0 Å². The summed E-state index contributed by atoms with van der Waals surface area (Å²) in [4.78, 5) is 11.1. The summed E-state index contributed by atoms with van der Waals surface area (Å²) in [7, 11) is -1.61. The smallest absolute Gasteiger partial charge is 0.186 e. The Morgan fingerprint density at radius 3 is 2.55 bits per heavy atom. The Balaban J connectivity index is 2.96. The van der Waals surface area contributed by atoms with Gasteiger partial charge in [-0.2, -0.15) is 5.26 Å². The van der Waals surface area contributed by atoms with Crippen molar-refractivity contribution in [3.63, 3.8) is 0 Å². The van der Waals surface area contributed by atoms with Crippen molar-refractivity contribution in [2.24, 2.45) is 0 Å². The molecule has 11 heavy (non-hydrogen) atoms. The molecule has 0 saturated carbocycles. The van der Waals surface area contributed by atoms with E-state index in [-0.39, 0.29) is 0 Å². The fourth-order valence-electron chi connectivity index (χ4n) is 0.702. The van der Waals surface area contributed by atoms with Crippen molar-refractivity contribution in [3.8, 4) is 6.07 Å². The van der Waals surface area contributed by atoms with Gasteiger partial charge in [0.2, 0.25) is 0 Å². The fourth-order valence-corrected chi connectivity index (χ4v) is 1.42. The van der Waals surface area contributed by atoms with Crippen molar-refractivity contribution in [3.05, 3.63) is 30.3 Å². The summed E-state index contributed by atoms with van der Waals surface area (Å²) in [5.74, 6) is 1.14. The van der Waals surface area contributed by atoms with E-state index in [1.165, 1.54) is 0 Å². The molecule has 0 aromatic heterocycles. The molecule has 0 bridgehead atoms. The number of hydrogen-bond acceptors (Lipinski definition) is 2. The van der Waals surface area contributed by atoms with E-state index in [1.54, 1.807) is 30.3 Å². The van der Waals surface area contributed by atoms with Gasteiger partial charge in [0.25, 0.3) is 0 Å². The quantitative estimate of drug-likeness (QED) is 0.562. The molecule has 0 heterocycles. The van der Waals surface area contributed by atoms with Crippen LogP contribution in [0, 0.1) is 11.3 Å². The van der Waals surface area contributed by atoms with Crippen LogP contribution in [-0.2, 0) is 0 Å². The Hall–Kier alpha value is -1.16. The lowest BCUT2D eigenvalue weighted by molar-refractivity contribution is -0.149. The number of nitriles is 1. The van der Waals surface area contributed by atoms with Gasteiger partial charge in [0.1, 0.15) is 19.1 Å². The van der Waals surface area contributed by atoms with Crippen molar-refractivity contribution < 1.29 is 4.89 Å². The average Bonchev–Trinajstić information content (AvgIpc) is 2.07. The van der Waals surface area contributed by atoms with Crippen LogP contribution in [0.15, 0.2) is 30.3 Å². The molecule has 1 aromatic rings. The van der Waals surface area contributed by atoms with Gasteiger partial charge in [-0.25, -0.2) is 0 Å². The minimum atomic E-state index is -1.61. The zero-order valence-corrected chi connectivity index (χ0v) is 6.66. The van der Waals surface area contributed by atoms with Gasteiger partial charge >= 0.3 is 0 Å². The molecule has 1 unspecified atom stereocenters. The third-order valence-electron chi connectivity index (χ3n) is 1.19. The van der Waals surface area contributed by atoms with Gasteiger partial charge in [-0.05, 0) is 12.1 Å². The Morgan fingerprint density at radius 2 is 2.00 bits per heavy atom. The fraction of sp³-hybridized carbons (Fsp3) is 0. The van der Waals surface area contributed by atoms with E-state index in [1.807, 2.05) is 6.07 Å². The minimum Gasteiger partial charge on any atom is -0.625 e. The van der Waals surface area contributed by atoms with Crippen LogP contribution in [0.1, 0.15) is 0 Å². The van der Waals surface area contributed by atoms with E-state index in [0.29, 0.717) is 5.30 Å². The minimum absolute atomic E-state index is 0.698. The van der Waals surface area contributed by atoms with Gasteiger partial charge < -0.3 is 4.89 Å². The number of rotatable bonds is 1. The van der Waals surface area contributed by atoms with Crippen molar-refractivity contribution in [1.82, 2.24) is 0 Å². The second-order valence-corrected chi connectivity index (χ2v) is 3.35. The van der Waals surface area contributed by atoms with E-state index >= 15 is 0 Å². The Labute approximate surface area is 66.2 Å². The highest BCUT2D eigenvalue weighted by Gasteiger charge is 1.98. The zero-order valence-electron chi connectivity index (χ0n) is 5.77. The lowest BCUT2D eigenvalue weighted by atomic mass is 10.4. The van der Waals surface area contributed by atoms with E-state index in [0.717, 1.165) is 5.80 Å². The average molecular weight is 163 g/mol. The third kappa shape index (κ3) is 2.16. The molecule has 0 amide bonds. The molecule has 1 aromatic carbocycles. The SMILES string of the molecule is N#C/C=[P+](\[O-])c1ccccc1. The predicted molar refractivity (Wildman–Crippen MR) is 44.7 cm³/mol. The summed E-state index contributed by atoms with van der Waals surface area (Å²) in [5.41, 5.74) is 0. The summed E-state index contributed by atoms with van der Waals surface area (Å²) in [5, 5.41) is 8.91. The molecule has 54 valence electrons. The third-order valence-corrected chi connectivity index (χ3v) is 2.34.